The van der Waals surface area contributed by atoms with E-state index in [0.29, 0.717) is 55.9 Å². The summed E-state index contributed by atoms with van der Waals surface area (Å²) in [6.45, 7) is 13.1. The number of amides is 3. The zero-order chi connectivity index (χ0) is 42.5. The highest BCUT2D eigenvalue weighted by molar-refractivity contribution is 7.89. The highest BCUT2D eigenvalue weighted by atomic mass is 32.2. The van der Waals surface area contributed by atoms with Crippen LogP contribution in [0.25, 0.3) is 0 Å². The van der Waals surface area contributed by atoms with Crippen LogP contribution < -0.4 is 25.0 Å². The van der Waals surface area contributed by atoms with E-state index >= 15 is 0 Å². The molecule has 1 aliphatic heterocycles. The molecule has 0 aliphatic carbocycles. The number of rotatable bonds is 18. The molecule has 3 amide bonds. The minimum Gasteiger partial charge on any atom is -0.494 e. The van der Waals surface area contributed by atoms with E-state index in [4.69, 9.17) is 19.2 Å². The predicted octanol–water partition coefficient (Wildman–Crippen LogP) is 5.91. The van der Waals surface area contributed by atoms with Gasteiger partial charge in [-0.05, 0) is 125 Å². The molecule has 0 spiro atoms. The molecule has 1 atom stereocenters. The van der Waals surface area contributed by atoms with Gasteiger partial charge in [0.05, 0.1) is 18.6 Å². The number of methoxy groups -OCH3 is 1. The summed E-state index contributed by atoms with van der Waals surface area (Å²) in [5.74, 6) is -0.357. The molecule has 3 aromatic rings. The number of hydrogen-bond donors (Lipinski definition) is 3. The van der Waals surface area contributed by atoms with Gasteiger partial charge in [-0.3, -0.25) is 19.3 Å². The smallest absolute Gasteiger partial charge is 0.416 e. The molecule has 1 aromatic heterocycles. The number of esters is 1. The number of carbonyl (C=O) groups excluding carboxylic acids is 4. The Morgan fingerprint density at radius 2 is 1.59 bits per heavy atom. The van der Waals surface area contributed by atoms with Crippen LogP contribution in [0.5, 0.6) is 5.75 Å². The van der Waals surface area contributed by atoms with Gasteiger partial charge in [-0.15, -0.1) is 0 Å². The van der Waals surface area contributed by atoms with E-state index in [1.807, 2.05) is 45.0 Å². The van der Waals surface area contributed by atoms with Gasteiger partial charge in [-0.25, -0.2) is 18.2 Å². The lowest BCUT2D eigenvalue weighted by molar-refractivity contribution is -0.142. The summed E-state index contributed by atoms with van der Waals surface area (Å²) in [5.41, 5.74) is 2.72. The average molecular weight is 822 g/mol. The van der Waals surface area contributed by atoms with E-state index in [9.17, 15) is 27.6 Å². The van der Waals surface area contributed by atoms with Gasteiger partial charge >= 0.3 is 12.1 Å². The molecule has 0 unspecified atom stereocenters. The predicted molar refractivity (Wildman–Crippen MR) is 221 cm³/mol. The van der Waals surface area contributed by atoms with Gasteiger partial charge in [0.15, 0.2) is 0 Å². The van der Waals surface area contributed by atoms with Gasteiger partial charge < -0.3 is 24.8 Å². The number of fused-ring (bicyclic) bond motifs is 1. The van der Waals surface area contributed by atoms with E-state index in [1.165, 1.54) is 24.3 Å². The summed E-state index contributed by atoms with van der Waals surface area (Å²) in [6, 6.07) is 15.2. The van der Waals surface area contributed by atoms with Crippen LogP contribution in [-0.2, 0) is 48.3 Å². The summed E-state index contributed by atoms with van der Waals surface area (Å²) in [7, 11) is -3.07. The summed E-state index contributed by atoms with van der Waals surface area (Å²) in [5, 5.41) is 5.54. The molecule has 4 rings (SSSR count). The normalized spacial score (nSPS) is 13.5. The molecule has 2 aromatic carbocycles. The van der Waals surface area contributed by atoms with Crippen molar-refractivity contribution in [1.29, 1.82) is 0 Å². The van der Waals surface area contributed by atoms with Crippen molar-refractivity contribution in [2.24, 2.45) is 5.41 Å². The summed E-state index contributed by atoms with van der Waals surface area (Å²) >= 11 is 0. The van der Waals surface area contributed by atoms with Gasteiger partial charge in [0.2, 0.25) is 15.9 Å². The molecule has 0 saturated heterocycles. The van der Waals surface area contributed by atoms with Gasteiger partial charge in [-0.1, -0.05) is 39.0 Å². The molecule has 0 bridgehead atoms. The van der Waals surface area contributed by atoms with Gasteiger partial charge in [0.25, 0.3) is 5.91 Å². The molecule has 58 heavy (non-hydrogen) atoms. The highest BCUT2D eigenvalue weighted by Gasteiger charge is 2.29. The Hall–Kier alpha value is -5.02. The second-order valence-electron chi connectivity index (χ2n) is 16.6. The van der Waals surface area contributed by atoms with Crippen LogP contribution in [0, 0.1) is 5.41 Å². The van der Waals surface area contributed by atoms with Crippen molar-refractivity contribution >= 4 is 39.7 Å². The number of carbonyl (C=O) groups is 4. The number of aryl methyl sites for hydroxylation is 3. The molecule has 0 saturated carbocycles. The van der Waals surface area contributed by atoms with Gasteiger partial charge in [0, 0.05) is 37.3 Å². The van der Waals surface area contributed by atoms with Crippen molar-refractivity contribution < 1.29 is 41.8 Å². The van der Waals surface area contributed by atoms with E-state index < -0.39 is 39.6 Å². The Morgan fingerprint density at radius 1 is 0.879 bits per heavy atom. The summed E-state index contributed by atoms with van der Waals surface area (Å²) in [4.78, 5) is 56.9. The number of aromatic nitrogens is 1. The van der Waals surface area contributed by atoms with Crippen molar-refractivity contribution in [3.8, 4) is 5.75 Å². The van der Waals surface area contributed by atoms with Crippen LogP contribution in [-0.4, -0.2) is 82.3 Å². The Morgan fingerprint density at radius 3 is 2.24 bits per heavy atom. The van der Waals surface area contributed by atoms with Crippen molar-refractivity contribution in [2.45, 2.75) is 109 Å². The number of nitrogens with zero attached hydrogens (tertiary/aromatic N) is 2. The molecule has 0 radical (unpaired) electrons. The molecule has 14 nitrogen and oxygen atoms in total. The van der Waals surface area contributed by atoms with Crippen molar-refractivity contribution in [1.82, 2.24) is 20.3 Å². The zero-order valence-corrected chi connectivity index (χ0v) is 35.6. The number of pyridine rings is 1. The molecular formula is C43H59N5O9S. The number of nitrogens with one attached hydrogen (secondary N) is 3. The lowest BCUT2D eigenvalue weighted by atomic mass is 9.91. The monoisotopic (exact) mass is 821 g/mol. The van der Waals surface area contributed by atoms with Gasteiger partial charge in [-0.2, -0.15) is 4.72 Å². The number of sulfonamides is 1. The van der Waals surface area contributed by atoms with E-state index in [2.05, 4.69) is 36.1 Å². The maximum Gasteiger partial charge on any atom is 0.416 e. The van der Waals surface area contributed by atoms with Gasteiger partial charge in [0.1, 0.15) is 23.2 Å². The first-order chi connectivity index (χ1) is 27.3. The standard InChI is InChI=1S/C43H59N5O9S/c1-42(2,3)25-10-26-44-37(49)12-9-28-56-34-21-23-35(24-22-34)58(53,54)47-36(40(51)55-7)29-45-39(50)32-16-13-30(14-17-32)15-19-33-20-18-31-11-8-27-48(38(31)46-33)41(52)57-43(4,5)6/h13-14,16-18,20-24,36,47H,8-12,15,19,25-29H2,1-7H3,(H,44,49)(H,45,50)/t36-/m0/s1. The Labute approximate surface area is 342 Å². The summed E-state index contributed by atoms with van der Waals surface area (Å²) < 4.78 is 44.8. The third-order valence-electron chi connectivity index (χ3n) is 9.22. The molecule has 316 valence electrons. The Bertz CT molecular complexity index is 1970. The third kappa shape index (κ3) is 14.7. The minimum absolute atomic E-state index is 0.0400. The molecule has 3 N–H and O–H groups in total. The zero-order valence-electron chi connectivity index (χ0n) is 34.8. The van der Waals surface area contributed by atoms with Crippen molar-refractivity contribution in [3.05, 3.63) is 83.0 Å². The maximum absolute atomic E-state index is 13.2. The Balaban J connectivity index is 1.25. The third-order valence-corrected chi connectivity index (χ3v) is 10.7. The first-order valence-corrected chi connectivity index (χ1v) is 21.3. The van der Waals surface area contributed by atoms with Crippen LogP contribution in [0.1, 0.15) is 101 Å². The van der Waals surface area contributed by atoms with Crippen LogP contribution in [0.3, 0.4) is 0 Å². The molecule has 0 fully saturated rings. The van der Waals surface area contributed by atoms with E-state index in [1.54, 1.807) is 17.0 Å². The van der Waals surface area contributed by atoms with E-state index in [-0.39, 0.29) is 29.4 Å². The number of benzene rings is 2. The molecule has 1 aliphatic rings. The fourth-order valence-electron chi connectivity index (χ4n) is 6.15. The summed E-state index contributed by atoms with van der Waals surface area (Å²) in [6.07, 6.45) is 5.25. The second-order valence-corrected chi connectivity index (χ2v) is 18.3. The fourth-order valence-corrected chi connectivity index (χ4v) is 7.33. The number of hydrogen-bond acceptors (Lipinski definition) is 10. The highest BCUT2D eigenvalue weighted by Crippen LogP contribution is 2.28. The van der Waals surface area contributed by atoms with E-state index in [0.717, 1.165) is 49.6 Å². The topological polar surface area (TPSA) is 182 Å². The molecule has 2 heterocycles. The Kier molecular flexibility index (Phi) is 16.2. The lowest BCUT2D eigenvalue weighted by Gasteiger charge is -2.31. The fraction of sp³-hybridized carbons (Fsp3) is 0.512. The number of ether oxygens (including phenoxy) is 3. The molecule has 15 heteroatoms. The SMILES string of the molecule is COC(=O)[C@H](CNC(=O)c1ccc(CCc2ccc3c(n2)N(C(=O)OC(C)(C)C)CCC3)cc1)NS(=O)(=O)c1ccc(OCCCC(=O)NCCCC(C)(C)C)cc1. The second kappa shape index (κ2) is 20.6. The van der Waals surface area contributed by atoms with Crippen LogP contribution in [0.15, 0.2) is 65.6 Å². The first kappa shape index (κ1) is 45.7. The van der Waals surface area contributed by atoms with Crippen molar-refractivity contribution in [2.75, 3.05) is 38.3 Å². The van der Waals surface area contributed by atoms with Crippen molar-refractivity contribution in [3.63, 3.8) is 0 Å². The number of anilines is 1. The largest absolute Gasteiger partial charge is 0.494 e. The minimum atomic E-state index is -4.20. The van der Waals surface area contributed by atoms with Crippen LogP contribution >= 0.6 is 0 Å². The maximum atomic E-state index is 13.2. The average Bonchev–Trinajstić information content (AvgIpc) is 3.17. The lowest BCUT2D eigenvalue weighted by Crippen LogP contribution is -2.48. The van der Waals surface area contributed by atoms with Crippen LogP contribution in [0.2, 0.25) is 0 Å². The quantitative estimate of drug-likeness (QED) is 0.103. The van der Waals surface area contributed by atoms with Crippen LogP contribution in [0.4, 0.5) is 10.6 Å². The first-order valence-electron chi connectivity index (χ1n) is 19.8. The molecular weight excluding hydrogens is 763 g/mol.